The normalized spacial score (nSPS) is 47.9. The molecule has 1 amide bonds. The summed E-state index contributed by atoms with van der Waals surface area (Å²) in [4.78, 5) is 64.1. The van der Waals surface area contributed by atoms with Gasteiger partial charge in [-0.15, -0.1) is 0 Å². The first-order chi connectivity index (χ1) is 28.8. The van der Waals surface area contributed by atoms with Crippen LogP contribution in [0.5, 0.6) is 0 Å². The Morgan fingerprint density at radius 3 is 2.43 bits per heavy atom. The van der Waals surface area contributed by atoms with Crippen LogP contribution >= 0.6 is 0 Å². The van der Waals surface area contributed by atoms with Gasteiger partial charge in [-0.05, 0) is 94.1 Å². The number of hydrogen-bond acceptors (Lipinski definition) is 13. The molecule has 9 aliphatic rings. The second-order valence-corrected chi connectivity index (χ2v) is 20.3. The number of nitrogens with zero attached hydrogens (tertiary/aromatic N) is 3. The molecule has 0 aromatic carbocycles. The highest BCUT2D eigenvalue weighted by molar-refractivity contribution is 5.85. The second-order valence-electron chi connectivity index (χ2n) is 20.3. The van der Waals surface area contributed by atoms with Crippen LogP contribution in [0.1, 0.15) is 97.8 Å². The van der Waals surface area contributed by atoms with Gasteiger partial charge in [-0.2, -0.15) is 0 Å². The molecular formula is C46H68N4O10. The van der Waals surface area contributed by atoms with E-state index < -0.39 is 69.4 Å². The van der Waals surface area contributed by atoms with E-state index in [2.05, 4.69) is 27.3 Å². The van der Waals surface area contributed by atoms with E-state index in [0.717, 1.165) is 57.3 Å². The lowest BCUT2D eigenvalue weighted by atomic mass is 9.42. The van der Waals surface area contributed by atoms with Gasteiger partial charge in [0.15, 0.2) is 6.10 Å². The van der Waals surface area contributed by atoms with Gasteiger partial charge in [-0.3, -0.25) is 24.2 Å². The molecule has 3 saturated carbocycles. The predicted molar refractivity (Wildman–Crippen MR) is 219 cm³/mol. The Morgan fingerprint density at radius 2 is 1.75 bits per heavy atom. The zero-order valence-electron chi connectivity index (χ0n) is 36.5. The Bertz CT molecular complexity index is 1830. The van der Waals surface area contributed by atoms with Crippen molar-refractivity contribution in [3.63, 3.8) is 0 Å². The molecule has 6 unspecified atom stereocenters. The van der Waals surface area contributed by atoms with Gasteiger partial charge in [0.05, 0.1) is 32.0 Å². The number of carbonyl (C=O) groups excluding carboxylic acids is 4. The Kier molecular flexibility index (Phi) is 10.6. The fraction of sp³-hybridized carbons (Fsp3) is 0.826. The van der Waals surface area contributed by atoms with Crippen molar-refractivity contribution < 1.29 is 48.3 Å². The van der Waals surface area contributed by atoms with Crippen LogP contribution in [0.25, 0.3) is 0 Å². The Hall–Kier alpha value is -3.04. The largest absolute Gasteiger partial charge is 0.468 e. The maximum atomic E-state index is 15.8. The van der Waals surface area contributed by atoms with Crippen molar-refractivity contribution in [2.24, 2.45) is 39.9 Å². The van der Waals surface area contributed by atoms with Crippen molar-refractivity contribution in [3.8, 4) is 0 Å². The second kappa shape index (κ2) is 15.1. The van der Waals surface area contributed by atoms with E-state index in [9.17, 15) is 24.6 Å². The lowest BCUT2D eigenvalue weighted by molar-refractivity contribution is -0.251. The maximum absolute atomic E-state index is 15.8. The van der Waals surface area contributed by atoms with Crippen LogP contribution in [0.3, 0.4) is 0 Å². The van der Waals surface area contributed by atoms with Crippen molar-refractivity contribution in [3.05, 3.63) is 23.4 Å². The molecule has 0 aromatic rings. The summed E-state index contributed by atoms with van der Waals surface area (Å²) >= 11 is 0. The van der Waals surface area contributed by atoms with Gasteiger partial charge in [-0.1, -0.05) is 38.8 Å². The van der Waals surface area contributed by atoms with Crippen molar-refractivity contribution >= 4 is 24.3 Å². The van der Waals surface area contributed by atoms with E-state index in [1.807, 2.05) is 13.8 Å². The Morgan fingerprint density at radius 1 is 0.983 bits per heavy atom. The minimum Gasteiger partial charge on any atom is -0.468 e. The topological polar surface area (TPSA) is 167 Å². The van der Waals surface area contributed by atoms with Crippen LogP contribution in [0.2, 0.25) is 0 Å². The number of hydrogen-bond donors (Lipinski definition) is 3. The fourth-order valence-electron chi connectivity index (χ4n) is 16.2. The lowest BCUT2D eigenvalue weighted by Crippen LogP contribution is -2.80. The highest BCUT2D eigenvalue weighted by Crippen LogP contribution is 2.73. The summed E-state index contributed by atoms with van der Waals surface area (Å²) in [7, 11) is 4.40. The molecule has 60 heavy (non-hydrogen) atoms. The standard InChI is InChI=1S/C46H68N4O10/c1-7-42(55)22-28-23-45(40(53)58-5,36-31(14-18-48(24-28)25-42)30-12-9-10-13-33(30)47-36)32-20-29(57-4)21-34-35(32)44-16-19-49-17-11-15-43(8-2,37(44)49)39(60-27(3)52)46(56,41(54)59-6)38(44)50(34)26-51/h11,15,26,28-30,32-35,37-39,47,55-56H,7-10,12-14,16-25H2,1-6H3/t28?,29-,30?,32+,33?,34?,35?,37+,38-,39-,42+,43-,44-,45+,46+/m1/s1. The Labute approximate surface area is 354 Å². The highest BCUT2D eigenvalue weighted by atomic mass is 16.6. The van der Waals surface area contributed by atoms with Crippen LogP contribution < -0.4 is 5.32 Å². The Balaban J connectivity index is 1.34. The number of nitrogens with one attached hydrogen (secondary N) is 1. The SMILES string of the molecule is CC[C@]1(O)CC2CN(CCC3=C(NC4CCCCC34)[C@@](C(=O)OC)([C@H]3C[C@@H](OC)CC4C3[C@@]35CCN6CC=C[C@@](CC)([C@@H](OC(C)=O)[C@](O)(C(=O)OC)[C@@H]3N4C=O)[C@H]65)C2)C1. The molecule has 0 aromatic heterocycles. The van der Waals surface area contributed by atoms with Crippen LogP contribution in [0.15, 0.2) is 23.4 Å². The number of aliphatic hydroxyl groups is 2. The summed E-state index contributed by atoms with van der Waals surface area (Å²) in [6, 6.07) is -1.88. The van der Waals surface area contributed by atoms with E-state index in [-0.39, 0.29) is 36.0 Å². The summed E-state index contributed by atoms with van der Waals surface area (Å²) < 4.78 is 24.2. The van der Waals surface area contributed by atoms with Crippen molar-refractivity contribution in [1.29, 1.82) is 0 Å². The van der Waals surface area contributed by atoms with Gasteiger partial charge < -0.3 is 39.4 Å². The molecule has 14 nitrogen and oxygen atoms in total. The molecule has 6 fully saturated rings. The third kappa shape index (κ3) is 5.61. The molecule has 2 bridgehead atoms. The summed E-state index contributed by atoms with van der Waals surface area (Å²) in [6.45, 7) is 8.69. The molecule has 6 heterocycles. The molecule has 16 atom stereocenters. The van der Waals surface area contributed by atoms with E-state index in [1.165, 1.54) is 26.7 Å². The third-order valence-corrected chi connectivity index (χ3v) is 18.0. The molecule has 0 radical (unpaired) electrons. The van der Waals surface area contributed by atoms with Crippen LogP contribution in [0.4, 0.5) is 0 Å². The maximum Gasteiger partial charge on any atom is 0.344 e. The average Bonchev–Trinajstić information content (AvgIpc) is 3.93. The smallest absolute Gasteiger partial charge is 0.344 e. The number of piperidine rings is 1. The van der Waals surface area contributed by atoms with Crippen molar-refractivity contribution in [2.75, 3.05) is 54.1 Å². The quantitative estimate of drug-likeness (QED) is 0.142. The number of amides is 1. The summed E-state index contributed by atoms with van der Waals surface area (Å²) in [5.41, 5.74) is -4.37. The molecule has 3 N–H and O–H groups in total. The zero-order valence-corrected chi connectivity index (χ0v) is 36.5. The first-order valence-electron chi connectivity index (χ1n) is 22.9. The molecule has 6 aliphatic heterocycles. The van der Waals surface area contributed by atoms with Crippen LogP contribution in [0, 0.1) is 39.9 Å². The first kappa shape index (κ1) is 42.3. The highest BCUT2D eigenvalue weighted by Gasteiger charge is 2.85. The number of fused-ring (bicyclic) bond motifs is 5. The number of esters is 3. The van der Waals surface area contributed by atoms with E-state index in [4.69, 9.17) is 18.9 Å². The van der Waals surface area contributed by atoms with Gasteiger partial charge >= 0.3 is 17.9 Å². The number of ether oxygens (including phenoxy) is 4. The van der Waals surface area contributed by atoms with Crippen LogP contribution in [-0.2, 0) is 38.1 Å². The molecule has 1 spiro atoms. The molecule has 3 saturated heterocycles. The van der Waals surface area contributed by atoms with Gasteiger partial charge in [0.2, 0.25) is 12.0 Å². The van der Waals surface area contributed by atoms with E-state index in [1.54, 1.807) is 12.0 Å². The molecule has 3 aliphatic carbocycles. The average molecular weight is 837 g/mol. The minimum absolute atomic E-state index is 0.0588. The lowest BCUT2D eigenvalue weighted by Gasteiger charge is -2.65. The third-order valence-electron chi connectivity index (χ3n) is 18.0. The molecular weight excluding hydrogens is 769 g/mol. The van der Waals surface area contributed by atoms with Crippen molar-refractivity contribution in [2.45, 2.75) is 145 Å². The van der Waals surface area contributed by atoms with Gasteiger partial charge in [0, 0.05) is 80.8 Å². The van der Waals surface area contributed by atoms with Gasteiger partial charge in [0.25, 0.3) is 0 Å². The zero-order chi connectivity index (χ0) is 42.6. The van der Waals surface area contributed by atoms with Gasteiger partial charge in [-0.25, -0.2) is 4.79 Å². The van der Waals surface area contributed by atoms with E-state index in [0.29, 0.717) is 64.6 Å². The monoisotopic (exact) mass is 836 g/mol. The number of methoxy groups -OCH3 is 3. The number of likely N-dealkylation sites (tertiary alicyclic amines) is 1. The summed E-state index contributed by atoms with van der Waals surface area (Å²) in [5.74, 6) is -2.62. The molecule has 14 heteroatoms. The number of rotatable bonds is 8. The summed E-state index contributed by atoms with van der Waals surface area (Å²) in [6.07, 6.45) is 11.6. The molecule has 9 rings (SSSR count). The van der Waals surface area contributed by atoms with Gasteiger partial charge in [0.1, 0.15) is 5.41 Å². The fourth-order valence-corrected chi connectivity index (χ4v) is 16.2. The van der Waals surface area contributed by atoms with E-state index >= 15 is 4.79 Å². The minimum atomic E-state index is -2.46. The summed E-state index contributed by atoms with van der Waals surface area (Å²) in [5, 5.41) is 29.8. The van der Waals surface area contributed by atoms with Crippen LogP contribution in [-0.4, -0.2) is 151 Å². The van der Waals surface area contributed by atoms with Crippen molar-refractivity contribution in [1.82, 2.24) is 20.0 Å². The first-order valence-corrected chi connectivity index (χ1v) is 22.9. The molecule has 332 valence electrons. The number of carbonyl (C=O) groups is 4. The predicted octanol–water partition coefficient (Wildman–Crippen LogP) is 2.95.